The van der Waals surface area contributed by atoms with E-state index in [9.17, 15) is 14.9 Å². The maximum Gasteiger partial charge on any atom is 0.350 e. The first kappa shape index (κ1) is 12.9. The van der Waals surface area contributed by atoms with Crippen molar-refractivity contribution in [3.8, 4) is 5.82 Å². The van der Waals surface area contributed by atoms with E-state index in [1.807, 2.05) is 0 Å². The summed E-state index contributed by atoms with van der Waals surface area (Å²) in [6, 6.07) is 1.40. The van der Waals surface area contributed by atoms with Crippen molar-refractivity contribution < 1.29 is 9.72 Å². The van der Waals surface area contributed by atoms with Crippen molar-refractivity contribution in [2.75, 3.05) is 7.05 Å². The van der Waals surface area contributed by atoms with Gasteiger partial charge < -0.3 is 5.32 Å². The van der Waals surface area contributed by atoms with Gasteiger partial charge in [-0.05, 0) is 6.07 Å². The highest BCUT2D eigenvalue weighted by molar-refractivity contribution is 6.31. The summed E-state index contributed by atoms with van der Waals surface area (Å²) in [4.78, 5) is 28.9. The van der Waals surface area contributed by atoms with Crippen LogP contribution < -0.4 is 5.32 Å². The molecule has 2 rings (SSSR count). The lowest BCUT2D eigenvalue weighted by molar-refractivity contribution is -0.385. The third kappa shape index (κ3) is 2.36. The number of nitrogens with zero attached hydrogens (tertiary/aromatic N) is 5. The maximum atomic E-state index is 11.4. The molecule has 0 fully saturated rings. The Labute approximate surface area is 111 Å². The minimum absolute atomic E-state index is 0.103. The van der Waals surface area contributed by atoms with Gasteiger partial charge >= 0.3 is 5.69 Å². The van der Waals surface area contributed by atoms with Crippen LogP contribution in [-0.2, 0) is 0 Å². The summed E-state index contributed by atoms with van der Waals surface area (Å²) in [5, 5.41) is 16.9. The monoisotopic (exact) mass is 282 g/mol. The summed E-state index contributed by atoms with van der Waals surface area (Å²) < 4.78 is 1.09. The first-order chi connectivity index (χ1) is 9.04. The molecule has 2 heterocycles. The number of nitro groups is 1. The molecular weight excluding hydrogens is 276 g/mol. The minimum atomic E-state index is -0.709. The van der Waals surface area contributed by atoms with Gasteiger partial charge in [0, 0.05) is 13.2 Å². The summed E-state index contributed by atoms with van der Waals surface area (Å²) in [5.74, 6) is -0.526. The molecule has 0 saturated carbocycles. The molecule has 0 aliphatic heterocycles. The number of hydrogen-bond acceptors (Lipinski definition) is 6. The average molecular weight is 283 g/mol. The number of aromatic nitrogens is 4. The Bertz CT molecular complexity index is 655. The Balaban J connectivity index is 2.53. The van der Waals surface area contributed by atoms with Crippen molar-refractivity contribution in [1.82, 2.24) is 25.1 Å². The van der Waals surface area contributed by atoms with Crippen molar-refractivity contribution in [3.05, 3.63) is 39.6 Å². The molecule has 0 unspecified atom stereocenters. The maximum absolute atomic E-state index is 11.4. The number of halogens is 1. The molecule has 0 atom stereocenters. The van der Waals surface area contributed by atoms with Crippen molar-refractivity contribution in [2.24, 2.45) is 0 Å². The van der Waals surface area contributed by atoms with Crippen LogP contribution in [0.1, 0.15) is 10.5 Å². The van der Waals surface area contributed by atoms with Crippen LogP contribution in [0.2, 0.25) is 5.15 Å². The van der Waals surface area contributed by atoms with Crippen molar-refractivity contribution in [3.63, 3.8) is 0 Å². The quantitative estimate of drug-likeness (QED) is 0.500. The topological polar surface area (TPSA) is 116 Å². The van der Waals surface area contributed by atoms with E-state index in [2.05, 4.69) is 20.4 Å². The number of carbonyl (C=O) groups excluding carboxylic acids is 1. The highest BCUT2D eigenvalue weighted by Gasteiger charge is 2.24. The average Bonchev–Trinajstić information content (AvgIpc) is 2.86. The minimum Gasteiger partial charge on any atom is -0.354 e. The Morgan fingerprint density at radius 3 is 2.89 bits per heavy atom. The standard InChI is InChI=1S/C9H7ClN6O3/c1-11-9(17)5-2-3-15(14-5)8-6(16(18)19)7(10)12-4-13-8/h2-4H,1H3,(H,11,17). The molecule has 0 aliphatic carbocycles. The number of nitrogens with one attached hydrogen (secondary N) is 1. The van der Waals surface area contributed by atoms with Gasteiger partial charge in [-0.15, -0.1) is 0 Å². The third-order valence-corrected chi connectivity index (χ3v) is 2.48. The van der Waals surface area contributed by atoms with E-state index in [1.54, 1.807) is 0 Å². The molecular formula is C9H7ClN6O3. The largest absolute Gasteiger partial charge is 0.354 e. The molecule has 0 spiro atoms. The Morgan fingerprint density at radius 1 is 1.53 bits per heavy atom. The van der Waals surface area contributed by atoms with Gasteiger partial charge in [0.25, 0.3) is 5.91 Å². The molecule has 2 aromatic heterocycles. The lowest BCUT2D eigenvalue weighted by Gasteiger charge is -2.02. The second kappa shape index (κ2) is 4.98. The fourth-order valence-electron chi connectivity index (χ4n) is 1.36. The van der Waals surface area contributed by atoms with Crippen LogP contribution in [0.5, 0.6) is 0 Å². The zero-order valence-corrected chi connectivity index (χ0v) is 10.3. The van der Waals surface area contributed by atoms with E-state index < -0.39 is 16.5 Å². The number of amides is 1. The van der Waals surface area contributed by atoms with Crippen LogP contribution in [0.4, 0.5) is 5.69 Å². The fraction of sp³-hybridized carbons (Fsp3) is 0.111. The summed E-state index contributed by atoms with van der Waals surface area (Å²) >= 11 is 5.66. The van der Waals surface area contributed by atoms with Gasteiger partial charge in [-0.1, -0.05) is 11.6 Å². The van der Waals surface area contributed by atoms with Gasteiger partial charge in [-0.25, -0.2) is 14.6 Å². The van der Waals surface area contributed by atoms with Gasteiger partial charge in [0.15, 0.2) is 5.69 Å². The van der Waals surface area contributed by atoms with E-state index in [0.717, 1.165) is 11.0 Å². The predicted molar refractivity (Wildman–Crippen MR) is 64.2 cm³/mol. The van der Waals surface area contributed by atoms with E-state index in [0.29, 0.717) is 0 Å². The molecule has 0 aliphatic rings. The third-order valence-electron chi connectivity index (χ3n) is 2.21. The molecule has 9 nitrogen and oxygen atoms in total. The normalized spacial score (nSPS) is 10.2. The molecule has 0 saturated heterocycles. The van der Waals surface area contributed by atoms with Crippen molar-refractivity contribution in [2.45, 2.75) is 0 Å². The predicted octanol–water partition coefficient (Wildman–Crippen LogP) is 0.584. The summed E-state index contributed by atoms with van der Waals surface area (Å²) in [6.45, 7) is 0. The zero-order chi connectivity index (χ0) is 14.0. The molecule has 1 amide bonds. The highest BCUT2D eigenvalue weighted by atomic mass is 35.5. The molecule has 1 N–H and O–H groups in total. The lowest BCUT2D eigenvalue weighted by Crippen LogP contribution is -2.18. The van der Waals surface area contributed by atoms with E-state index >= 15 is 0 Å². The molecule has 98 valence electrons. The Kier molecular flexibility index (Phi) is 3.38. The second-order valence-corrected chi connectivity index (χ2v) is 3.68. The first-order valence-electron chi connectivity index (χ1n) is 4.97. The molecule has 10 heteroatoms. The SMILES string of the molecule is CNC(=O)c1ccn(-c2ncnc(Cl)c2[N+](=O)[O-])n1. The molecule has 2 aromatic rings. The number of carbonyl (C=O) groups is 1. The molecule has 19 heavy (non-hydrogen) atoms. The van der Waals surface area contributed by atoms with Gasteiger partial charge in [0.1, 0.15) is 6.33 Å². The van der Waals surface area contributed by atoms with E-state index in [1.165, 1.54) is 19.3 Å². The zero-order valence-electron chi connectivity index (χ0n) is 9.57. The Hall–Kier alpha value is -2.55. The lowest BCUT2D eigenvalue weighted by atomic mass is 10.4. The van der Waals surface area contributed by atoms with Crippen molar-refractivity contribution in [1.29, 1.82) is 0 Å². The van der Waals surface area contributed by atoms with Crippen LogP contribution in [-0.4, -0.2) is 37.6 Å². The smallest absolute Gasteiger partial charge is 0.350 e. The van der Waals surface area contributed by atoms with Crippen molar-refractivity contribution >= 4 is 23.2 Å². The summed E-state index contributed by atoms with van der Waals surface area (Å²) in [7, 11) is 1.45. The van der Waals surface area contributed by atoms with E-state index in [4.69, 9.17) is 11.6 Å². The van der Waals surface area contributed by atoms with Gasteiger partial charge in [0.05, 0.1) is 4.92 Å². The second-order valence-electron chi connectivity index (χ2n) is 3.32. The molecule has 0 radical (unpaired) electrons. The first-order valence-corrected chi connectivity index (χ1v) is 5.35. The van der Waals surface area contributed by atoms with Gasteiger partial charge in [-0.3, -0.25) is 14.9 Å². The number of rotatable bonds is 3. The molecule has 0 aromatic carbocycles. The number of hydrogen-bond donors (Lipinski definition) is 1. The molecule has 0 bridgehead atoms. The van der Waals surface area contributed by atoms with Crippen LogP contribution in [0.15, 0.2) is 18.6 Å². The van der Waals surface area contributed by atoms with Crippen LogP contribution in [0, 0.1) is 10.1 Å². The summed E-state index contributed by atoms with van der Waals surface area (Å²) in [6.07, 6.45) is 2.45. The highest BCUT2D eigenvalue weighted by Crippen LogP contribution is 2.26. The fourth-order valence-corrected chi connectivity index (χ4v) is 1.56. The van der Waals surface area contributed by atoms with Crippen LogP contribution in [0.3, 0.4) is 0 Å². The van der Waals surface area contributed by atoms with Gasteiger partial charge in [-0.2, -0.15) is 5.10 Å². The Morgan fingerprint density at radius 2 is 2.26 bits per heavy atom. The van der Waals surface area contributed by atoms with E-state index in [-0.39, 0.29) is 16.7 Å². The van der Waals surface area contributed by atoms with Gasteiger partial charge in [0.2, 0.25) is 11.0 Å². The van der Waals surface area contributed by atoms with Crippen LogP contribution in [0.25, 0.3) is 5.82 Å². The van der Waals surface area contributed by atoms with Crippen LogP contribution >= 0.6 is 11.6 Å². The summed E-state index contributed by atoms with van der Waals surface area (Å²) in [5.41, 5.74) is -0.373.